The first kappa shape index (κ1) is 9.52. The number of rotatable bonds is 2. The van der Waals surface area contributed by atoms with E-state index in [2.05, 4.69) is 17.0 Å². The van der Waals surface area contributed by atoms with Crippen LogP contribution in [0.4, 0.5) is 5.82 Å². The number of nitrogens with zero attached hydrogens (tertiary/aromatic N) is 3. The van der Waals surface area contributed by atoms with Crippen LogP contribution in [-0.4, -0.2) is 30.5 Å². The van der Waals surface area contributed by atoms with Gasteiger partial charge < -0.3 is 9.64 Å². The average molecular weight is 195 g/mol. The molecule has 78 valence electrons. The molecule has 0 unspecified atom stereocenters. The number of hydrogen-bond acceptors (Lipinski definition) is 3. The van der Waals surface area contributed by atoms with Crippen molar-refractivity contribution in [3.63, 3.8) is 0 Å². The quantitative estimate of drug-likeness (QED) is 0.704. The highest BCUT2D eigenvalue weighted by Crippen LogP contribution is 2.27. The van der Waals surface area contributed by atoms with Gasteiger partial charge in [-0.25, -0.2) is 0 Å². The summed E-state index contributed by atoms with van der Waals surface area (Å²) in [5.74, 6) is 1.13. The van der Waals surface area contributed by atoms with Crippen molar-refractivity contribution in [2.45, 2.75) is 19.4 Å². The molecular weight excluding hydrogens is 178 g/mol. The predicted molar refractivity (Wildman–Crippen MR) is 55.5 cm³/mol. The van der Waals surface area contributed by atoms with Crippen molar-refractivity contribution in [3.05, 3.63) is 11.3 Å². The average Bonchev–Trinajstić information content (AvgIpc) is 2.47. The second-order valence-electron chi connectivity index (χ2n) is 3.83. The van der Waals surface area contributed by atoms with Gasteiger partial charge in [-0.3, -0.25) is 4.68 Å². The van der Waals surface area contributed by atoms with Gasteiger partial charge in [-0.2, -0.15) is 5.10 Å². The van der Waals surface area contributed by atoms with E-state index in [1.807, 2.05) is 11.7 Å². The van der Waals surface area contributed by atoms with Crippen LogP contribution in [0.3, 0.4) is 0 Å². The Bertz CT molecular complexity index is 332. The summed E-state index contributed by atoms with van der Waals surface area (Å²) in [5.41, 5.74) is 2.58. The molecule has 0 radical (unpaired) electrons. The lowest BCUT2D eigenvalue weighted by Gasteiger charge is -2.22. The summed E-state index contributed by atoms with van der Waals surface area (Å²) in [6.07, 6.45) is 2.35. The highest BCUT2D eigenvalue weighted by molar-refractivity contribution is 5.50. The molecule has 0 fully saturated rings. The van der Waals surface area contributed by atoms with Crippen LogP contribution >= 0.6 is 0 Å². The molecule has 2 rings (SSSR count). The highest BCUT2D eigenvalue weighted by Gasteiger charge is 2.21. The molecule has 0 N–H and O–H groups in total. The lowest BCUT2D eigenvalue weighted by atomic mass is 10.1. The van der Waals surface area contributed by atoms with Crippen molar-refractivity contribution in [3.8, 4) is 0 Å². The number of ether oxygens (including phenoxy) is 1. The lowest BCUT2D eigenvalue weighted by molar-refractivity contribution is 0.177. The molecule has 0 bridgehead atoms. The molecule has 0 spiro atoms. The lowest BCUT2D eigenvalue weighted by Crippen LogP contribution is -2.24. The second kappa shape index (κ2) is 3.61. The molecule has 0 saturated heterocycles. The summed E-state index contributed by atoms with van der Waals surface area (Å²) in [4.78, 5) is 2.22. The van der Waals surface area contributed by atoms with Crippen LogP contribution in [0.15, 0.2) is 0 Å². The van der Waals surface area contributed by atoms with Crippen LogP contribution in [0.1, 0.15) is 17.7 Å². The van der Waals surface area contributed by atoms with Crippen molar-refractivity contribution in [1.29, 1.82) is 0 Å². The van der Waals surface area contributed by atoms with Gasteiger partial charge in [-0.05, 0) is 12.8 Å². The van der Waals surface area contributed by atoms with Crippen molar-refractivity contribution >= 4 is 5.82 Å². The zero-order valence-corrected chi connectivity index (χ0v) is 9.08. The van der Waals surface area contributed by atoms with E-state index < -0.39 is 0 Å². The van der Waals surface area contributed by atoms with E-state index in [9.17, 15) is 0 Å². The fourth-order valence-corrected chi connectivity index (χ4v) is 2.07. The smallest absolute Gasteiger partial charge is 0.153 e. The van der Waals surface area contributed by atoms with E-state index in [1.165, 1.54) is 17.7 Å². The molecule has 1 aromatic rings. The maximum atomic E-state index is 5.19. The number of aromatic nitrogens is 2. The minimum absolute atomic E-state index is 0.659. The zero-order chi connectivity index (χ0) is 10.1. The number of hydrogen-bond donors (Lipinski definition) is 0. The van der Waals surface area contributed by atoms with Gasteiger partial charge in [-0.1, -0.05) is 0 Å². The van der Waals surface area contributed by atoms with E-state index in [4.69, 9.17) is 4.74 Å². The Morgan fingerprint density at radius 1 is 1.43 bits per heavy atom. The van der Waals surface area contributed by atoms with Crippen molar-refractivity contribution in [1.82, 2.24) is 9.78 Å². The summed E-state index contributed by atoms with van der Waals surface area (Å²) in [5, 5.41) is 4.51. The third-order valence-electron chi connectivity index (χ3n) is 2.82. The molecule has 0 saturated carbocycles. The van der Waals surface area contributed by atoms with Gasteiger partial charge in [0.05, 0.1) is 12.3 Å². The summed E-state index contributed by atoms with van der Waals surface area (Å²) in [6, 6.07) is 0. The topological polar surface area (TPSA) is 30.3 Å². The molecule has 1 aliphatic heterocycles. The van der Waals surface area contributed by atoms with Gasteiger partial charge in [0, 0.05) is 33.3 Å². The minimum atomic E-state index is 0.659. The molecule has 14 heavy (non-hydrogen) atoms. The third kappa shape index (κ3) is 1.39. The standard InChI is InChI=1S/C10H17N3O/c1-12-6-4-5-8-9(7-14-3)13(2)11-10(8)12/h4-7H2,1-3H3. The van der Waals surface area contributed by atoms with Crippen LogP contribution in [0.5, 0.6) is 0 Å². The number of anilines is 1. The Morgan fingerprint density at radius 3 is 2.93 bits per heavy atom. The van der Waals surface area contributed by atoms with E-state index in [0.29, 0.717) is 6.61 Å². The van der Waals surface area contributed by atoms with Gasteiger partial charge in [0.1, 0.15) is 0 Å². The van der Waals surface area contributed by atoms with Crippen LogP contribution < -0.4 is 4.90 Å². The zero-order valence-electron chi connectivity index (χ0n) is 9.08. The van der Waals surface area contributed by atoms with Gasteiger partial charge in [0.25, 0.3) is 0 Å². The van der Waals surface area contributed by atoms with E-state index in [0.717, 1.165) is 18.8 Å². The monoisotopic (exact) mass is 195 g/mol. The Morgan fingerprint density at radius 2 is 2.21 bits per heavy atom. The largest absolute Gasteiger partial charge is 0.378 e. The fourth-order valence-electron chi connectivity index (χ4n) is 2.07. The molecule has 1 aromatic heterocycles. The number of aryl methyl sites for hydroxylation is 1. The van der Waals surface area contributed by atoms with E-state index >= 15 is 0 Å². The third-order valence-corrected chi connectivity index (χ3v) is 2.82. The van der Waals surface area contributed by atoms with Gasteiger partial charge in [0.2, 0.25) is 0 Å². The molecule has 0 aromatic carbocycles. The Hall–Kier alpha value is -1.03. The van der Waals surface area contributed by atoms with Crippen molar-refractivity contribution in [2.24, 2.45) is 7.05 Å². The first-order chi connectivity index (χ1) is 6.74. The predicted octanol–water partition coefficient (Wildman–Crippen LogP) is 0.949. The SMILES string of the molecule is COCc1c2c(nn1C)N(C)CCC2. The molecule has 2 heterocycles. The minimum Gasteiger partial charge on any atom is -0.378 e. The molecule has 0 atom stereocenters. The van der Waals surface area contributed by atoms with Crippen molar-refractivity contribution in [2.75, 3.05) is 25.6 Å². The van der Waals surface area contributed by atoms with Crippen molar-refractivity contribution < 1.29 is 4.74 Å². The first-order valence-electron chi connectivity index (χ1n) is 4.99. The molecular formula is C10H17N3O. The Kier molecular flexibility index (Phi) is 2.46. The molecule has 0 aliphatic carbocycles. The normalized spacial score (nSPS) is 15.8. The molecule has 4 nitrogen and oxygen atoms in total. The summed E-state index contributed by atoms with van der Waals surface area (Å²) in [7, 11) is 5.81. The van der Waals surface area contributed by atoms with Crippen LogP contribution in [0.25, 0.3) is 0 Å². The van der Waals surface area contributed by atoms with Crippen LogP contribution in [0, 0.1) is 0 Å². The van der Waals surface area contributed by atoms with E-state index in [-0.39, 0.29) is 0 Å². The van der Waals surface area contributed by atoms with E-state index in [1.54, 1.807) is 7.11 Å². The first-order valence-corrected chi connectivity index (χ1v) is 4.99. The van der Waals surface area contributed by atoms with Gasteiger partial charge in [0.15, 0.2) is 5.82 Å². The molecule has 0 amide bonds. The summed E-state index contributed by atoms with van der Waals surface area (Å²) in [6.45, 7) is 1.77. The molecule has 4 heteroatoms. The van der Waals surface area contributed by atoms with Crippen LogP contribution in [0.2, 0.25) is 0 Å². The highest BCUT2D eigenvalue weighted by atomic mass is 16.5. The second-order valence-corrected chi connectivity index (χ2v) is 3.83. The number of fused-ring (bicyclic) bond motifs is 1. The summed E-state index contributed by atoms with van der Waals surface area (Å²) >= 11 is 0. The van der Waals surface area contributed by atoms with Gasteiger partial charge >= 0.3 is 0 Å². The number of methoxy groups -OCH3 is 1. The van der Waals surface area contributed by atoms with Gasteiger partial charge in [-0.15, -0.1) is 0 Å². The Balaban J connectivity index is 2.41. The Labute approximate surface area is 84.5 Å². The maximum absolute atomic E-state index is 5.19. The van der Waals surface area contributed by atoms with Crippen LogP contribution in [-0.2, 0) is 24.8 Å². The maximum Gasteiger partial charge on any atom is 0.153 e. The summed E-state index contributed by atoms with van der Waals surface area (Å²) < 4.78 is 7.13. The molecule has 1 aliphatic rings. The fraction of sp³-hybridized carbons (Fsp3) is 0.700.